The normalized spacial score (nSPS) is 17.5. The van der Waals surface area contributed by atoms with Crippen LogP contribution in [0.2, 0.25) is 0 Å². The lowest BCUT2D eigenvalue weighted by molar-refractivity contribution is 0.0983. The van der Waals surface area contributed by atoms with Gasteiger partial charge in [0.1, 0.15) is 11.4 Å². The molecule has 2 aliphatic rings. The second-order valence-electron chi connectivity index (χ2n) is 7.43. The SMILES string of the molecule is CCOC(=O)N1CCC(Nc2c(N3CCc4ccccc4C3)c(=O)c2=O)CC1. The number of hydrogen-bond donors (Lipinski definition) is 1. The predicted molar refractivity (Wildman–Crippen MR) is 108 cm³/mol. The number of rotatable bonds is 4. The first-order valence-corrected chi connectivity index (χ1v) is 9.91. The minimum Gasteiger partial charge on any atom is -0.450 e. The Morgan fingerprint density at radius 1 is 1.11 bits per heavy atom. The maximum atomic E-state index is 12.3. The Morgan fingerprint density at radius 2 is 1.82 bits per heavy atom. The molecule has 0 radical (unpaired) electrons. The first-order chi connectivity index (χ1) is 13.6. The van der Waals surface area contributed by atoms with Gasteiger partial charge in [-0.15, -0.1) is 0 Å². The molecule has 2 heterocycles. The molecule has 1 amide bonds. The molecule has 4 rings (SSSR count). The van der Waals surface area contributed by atoms with Crippen molar-refractivity contribution in [3.8, 4) is 0 Å². The summed E-state index contributed by atoms with van der Waals surface area (Å²) in [5.41, 5.74) is 2.65. The molecule has 0 aromatic heterocycles. The molecule has 1 saturated heterocycles. The van der Waals surface area contributed by atoms with Crippen molar-refractivity contribution in [2.75, 3.05) is 36.5 Å². The number of amides is 1. The van der Waals surface area contributed by atoms with E-state index in [9.17, 15) is 14.4 Å². The number of nitrogens with zero attached hydrogens (tertiary/aromatic N) is 2. The Bertz CT molecular complexity index is 939. The van der Waals surface area contributed by atoms with Crippen LogP contribution in [0.5, 0.6) is 0 Å². The molecule has 1 N–H and O–H groups in total. The van der Waals surface area contributed by atoms with Gasteiger partial charge in [-0.1, -0.05) is 24.3 Å². The van der Waals surface area contributed by atoms with Gasteiger partial charge in [-0.25, -0.2) is 4.79 Å². The first kappa shape index (κ1) is 18.5. The summed E-state index contributed by atoms with van der Waals surface area (Å²) in [6, 6.07) is 8.30. The Kier molecular flexibility index (Phi) is 5.07. The fourth-order valence-corrected chi connectivity index (χ4v) is 4.13. The van der Waals surface area contributed by atoms with E-state index in [2.05, 4.69) is 17.4 Å². The van der Waals surface area contributed by atoms with Gasteiger partial charge in [0.15, 0.2) is 0 Å². The maximum Gasteiger partial charge on any atom is 0.409 e. The number of fused-ring (bicyclic) bond motifs is 1. The lowest BCUT2D eigenvalue weighted by Crippen LogP contribution is -2.48. The Labute approximate surface area is 163 Å². The number of hydrogen-bond acceptors (Lipinski definition) is 6. The van der Waals surface area contributed by atoms with Gasteiger partial charge in [0.2, 0.25) is 0 Å². The monoisotopic (exact) mass is 383 g/mol. The van der Waals surface area contributed by atoms with E-state index >= 15 is 0 Å². The van der Waals surface area contributed by atoms with Gasteiger partial charge in [-0.2, -0.15) is 0 Å². The molecule has 0 spiro atoms. The molecule has 28 heavy (non-hydrogen) atoms. The van der Waals surface area contributed by atoms with Crippen molar-refractivity contribution in [1.82, 2.24) is 4.90 Å². The fourth-order valence-electron chi connectivity index (χ4n) is 4.13. The summed E-state index contributed by atoms with van der Waals surface area (Å²) in [4.78, 5) is 40.0. The van der Waals surface area contributed by atoms with Crippen LogP contribution < -0.4 is 21.1 Å². The van der Waals surface area contributed by atoms with Crippen LogP contribution in [0, 0.1) is 0 Å². The summed E-state index contributed by atoms with van der Waals surface area (Å²) in [5, 5.41) is 3.29. The lowest BCUT2D eigenvalue weighted by Gasteiger charge is -2.35. The van der Waals surface area contributed by atoms with Crippen molar-refractivity contribution in [1.29, 1.82) is 0 Å². The number of ether oxygens (including phenoxy) is 1. The number of piperidine rings is 1. The van der Waals surface area contributed by atoms with E-state index in [1.807, 2.05) is 17.0 Å². The Morgan fingerprint density at radius 3 is 2.54 bits per heavy atom. The van der Waals surface area contributed by atoms with Crippen LogP contribution in [0.1, 0.15) is 30.9 Å². The largest absolute Gasteiger partial charge is 0.450 e. The van der Waals surface area contributed by atoms with Crippen LogP contribution in [0.3, 0.4) is 0 Å². The smallest absolute Gasteiger partial charge is 0.409 e. The number of nitrogens with one attached hydrogen (secondary N) is 1. The molecule has 7 heteroatoms. The zero-order valence-corrected chi connectivity index (χ0v) is 16.1. The molecule has 2 aromatic rings. The second-order valence-corrected chi connectivity index (χ2v) is 7.43. The molecular weight excluding hydrogens is 358 g/mol. The van der Waals surface area contributed by atoms with E-state index in [4.69, 9.17) is 4.74 Å². The molecule has 7 nitrogen and oxygen atoms in total. The van der Waals surface area contributed by atoms with Gasteiger partial charge in [-0.05, 0) is 37.3 Å². The number of carbonyl (C=O) groups excluding carboxylic acids is 1. The molecule has 2 aliphatic heterocycles. The van der Waals surface area contributed by atoms with Crippen LogP contribution >= 0.6 is 0 Å². The van der Waals surface area contributed by atoms with Crippen LogP contribution in [0.15, 0.2) is 33.9 Å². The molecule has 0 atom stereocenters. The van der Waals surface area contributed by atoms with E-state index in [1.54, 1.807) is 11.8 Å². The highest BCUT2D eigenvalue weighted by Crippen LogP contribution is 2.28. The third-order valence-electron chi connectivity index (χ3n) is 5.70. The van der Waals surface area contributed by atoms with E-state index in [1.165, 1.54) is 11.1 Å². The van der Waals surface area contributed by atoms with Crippen LogP contribution in [0.4, 0.5) is 16.2 Å². The summed E-state index contributed by atoms with van der Waals surface area (Å²) in [6.07, 6.45) is 2.02. The van der Waals surface area contributed by atoms with Crippen LogP contribution in [0.25, 0.3) is 0 Å². The highest BCUT2D eigenvalue weighted by Gasteiger charge is 2.31. The van der Waals surface area contributed by atoms with E-state index in [-0.39, 0.29) is 12.1 Å². The second kappa shape index (κ2) is 7.66. The number of anilines is 2. The van der Waals surface area contributed by atoms with Crippen molar-refractivity contribution in [2.24, 2.45) is 0 Å². The topological polar surface area (TPSA) is 79.0 Å². The quantitative estimate of drug-likeness (QED) is 0.812. The third-order valence-corrected chi connectivity index (χ3v) is 5.70. The van der Waals surface area contributed by atoms with Gasteiger partial charge in [0, 0.05) is 32.2 Å². The van der Waals surface area contributed by atoms with Crippen LogP contribution in [-0.4, -0.2) is 43.3 Å². The van der Waals surface area contributed by atoms with Gasteiger partial charge < -0.3 is 19.9 Å². The maximum absolute atomic E-state index is 12.3. The summed E-state index contributed by atoms with van der Waals surface area (Å²) in [5.74, 6) is 0. The number of benzene rings is 1. The standard InChI is InChI=1S/C21H25N3O4/c1-2-28-21(27)23-11-8-16(9-12-23)22-17-18(20(26)19(17)25)24-10-7-14-5-3-4-6-15(14)13-24/h3-6,16,22H,2,7-13H2,1H3. The summed E-state index contributed by atoms with van der Waals surface area (Å²) in [6.45, 7) is 4.70. The van der Waals surface area contributed by atoms with Crippen LogP contribution in [-0.2, 0) is 17.7 Å². The number of carbonyl (C=O) groups is 1. The van der Waals surface area contributed by atoms with Crippen molar-refractivity contribution < 1.29 is 9.53 Å². The van der Waals surface area contributed by atoms with Crippen molar-refractivity contribution in [2.45, 2.75) is 38.8 Å². The van der Waals surface area contributed by atoms with E-state index in [0.29, 0.717) is 37.6 Å². The van der Waals surface area contributed by atoms with Gasteiger partial charge in [-0.3, -0.25) is 9.59 Å². The molecule has 148 valence electrons. The molecular formula is C21H25N3O4. The Hall–Kier alpha value is -2.83. The average molecular weight is 383 g/mol. The molecule has 0 saturated carbocycles. The van der Waals surface area contributed by atoms with Crippen molar-refractivity contribution >= 4 is 17.5 Å². The summed E-state index contributed by atoms with van der Waals surface area (Å²) in [7, 11) is 0. The minimum absolute atomic E-state index is 0.0739. The van der Waals surface area contributed by atoms with Crippen molar-refractivity contribution in [3.05, 3.63) is 55.8 Å². The van der Waals surface area contributed by atoms with Crippen molar-refractivity contribution in [3.63, 3.8) is 0 Å². The number of likely N-dealkylation sites (tertiary alicyclic amines) is 1. The highest BCUT2D eigenvalue weighted by molar-refractivity contribution is 5.76. The lowest BCUT2D eigenvalue weighted by atomic mass is 9.98. The molecule has 1 fully saturated rings. The third kappa shape index (κ3) is 3.37. The average Bonchev–Trinajstić information content (AvgIpc) is 2.73. The zero-order valence-electron chi connectivity index (χ0n) is 16.1. The molecule has 0 unspecified atom stereocenters. The molecule has 0 aliphatic carbocycles. The summed E-state index contributed by atoms with van der Waals surface area (Å²) < 4.78 is 5.04. The van der Waals surface area contributed by atoms with Gasteiger partial charge >= 0.3 is 6.09 Å². The molecule has 0 bridgehead atoms. The summed E-state index contributed by atoms with van der Waals surface area (Å²) >= 11 is 0. The van der Waals surface area contributed by atoms with E-state index < -0.39 is 10.9 Å². The highest BCUT2D eigenvalue weighted by atomic mass is 16.6. The minimum atomic E-state index is -0.429. The predicted octanol–water partition coefficient (Wildman–Crippen LogP) is 1.88. The molecule has 2 aromatic carbocycles. The fraction of sp³-hybridized carbons (Fsp3) is 0.476. The van der Waals surface area contributed by atoms with E-state index in [0.717, 1.165) is 25.8 Å². The zero-order chi connectivity index (χ0) is 19.7. The van der Waals surface area contributed by atoms with Gasteiger partial charge in [0.25, 0.3) is 10.9 Å². The van der Waals surface area contributed by atoms with Gasteiger partial charge in [0.05, 0.1) is 6.61 Å². The first-order valence-electron chi connectivity index (χ1n) is 9.91. The Balaban J connectivity index is 1.43.